The molecule has 0 radical (unpaired) electrons. The van der Waals surface area contributed by atoms with Crippen molar-refractivity contribution < 1.29 is 19.0 Å². The van der Waals surface area contributed by atoms with Crippen LogP contribution in [0.1, 0.15) is 16.8 Å². The summed E-state index contributed by atoms with van der Waals surface area (Å²) in [5.41, 5.74) is 3.34. The zero-order chi connectivity index (χ0) is 22.1. The van der Waals surface area contributed by atoms with Crippen molar-refractivity contribution in [1.82, 2.24) is 15.2 Å². The van der Waals surface area contributed by atoms with E-state index in [1.807, 2.05) is 35.2 Å². The number of H-pyrrole nitrogens is 1. The van der Waals surface area contributed by atoms with Gasteiger partial charge in [-0.15, -0.1) is 0 Å². The molecule has 3 aromatic rings. The minimum absolute atomic E-state index is 0.0211. The van der Waals surface area contributed by atoms with Gasteiger partial charge >= 0.3 is 0 Å². The predicted octanol–water partition coefficient (Wildman–Crippen LogP) is 1.98. The van der Waals surface area contributed by atoms with Crippen LogP contribution in [0.15, 0.2) is 41.2 Å². The first-order chi connectivity index (χ1) is 15.6. The quantitative estimate of drug-likeness (QED) is 0.637. The third-order valence-electron chi connectivity index (χ3n) is 5.90. The molecule has 8 nitrogen and oxygen atoms in total. The number of hydrogen-bond acceptors (Lipinski definition) is 6. The highest BCUT2D eigenvalue weighted by molar-refractivity contribution is 5.84. The number of amides is 1. The standard InChI is InChI=1S/C24H25N3O5/c1-30-16-4-2-3-15(9-16)12-25-23(28)14-27-6-5-19-18(13-27)24(29)17-10-21-22(11-20(17)26-19)32-8-7-31-21/h2-4,9-11H,5-8,12-14H2,1H3,(H,25,28)(H,26,29). The second-order valence-electron chi connectivity index (χ2n) is 8.04. The zero-order valence-corrected chi connectivity index (χ0v) is 17.9. The molecule has 0 fully saturated rings. The maximum atomic E-state index is 13.2. The van der Waals surface area contributed by atoms with E-state index in [-0.39, 0.29) is 17.9 Å². The molecule has 1 aromatic heterocycles. The van der Waals surface area contributed by atoms with E-state index in [4.69, 9.17) is 14.2 Å². The summed E-state index contributed by atoms with van der Waals surface area (Å²) in [5, 5.41) is 3.53. The number of pyridine rings is 1. The summed E-state index contributed by atoms with van der Waals surface area (Å²) in [6.45, 7) is 2.77. The third kappa shape index (κ3) is 4.01. The number of hydrogen-bond donors (Lipinski definition) is 2. The van der Waals surface area contributed by atoms with Crippen molar-refractivity contribution >= 4 is 16.8 Å². The summed E-state index contributed by atoms with van der Waals surface area (Å²) in [4.78, 5) is 31.1. The average Bonchev–Trinajstić information content (AvgIpc) is 2.82. The molecule has 2 aliphatic rings. The van der Waals surface area contributed by atoms with E-state index in [0.29, 0.717) is 61.7 Å². The fourth-order valence-corrected chi connectivity index (χ4v) is 4.25. The lowest BCUT2D eigenvalue weighted by molar-refractivity contribution is -0.122. The predicted molar refractivity (Wildman–Crippen MR) is 119 cm³/mol. The Labute approximate surface area is 185 Å². The summed E-state index contributed by atoms with van der Waals surface area (Å²) in [5.74, 6) is 1.94. The molecule has 0 spiro atoms. The maximum Gasteiger partial charge on any atom is 0.234 e. The van der Waals surface area contributed by atoms with E-state index >= 15 is 0 Å². The number of nitrogens with zero attached hydrogens (tertiary/aromatic N) is 1. The van der Waals surface area contributed by atoms with Gasteiger partial charge in [-0.25, -0.2) is 0 Å². The summed E-state index contributed by atoms with van der Waals surface area (Å²) in [7, 11) is 1.62. The van der Waals surface area contributed by atoms with E-state index in [1.54, 1.807) is 13.2 Å². The Morgan fingerprint density at radius 3 is 2.81 bits per heavy atom. The molecule has 166 valence electrons. The Kier molecular flexibility index (Phi) is 5.45. The summed E-state index contributed by atoms with van der Waals surface area (Å²) < 4.78 is 16.5. The van der Waals surface area contributed by atoms with Crippen LogP contribution in [-0.4, -0.2) is 49.2 Å². The van der Waals surface area contributed by atoms with E-state index in [0.717, 1.165) is 22.5 Å². The second-order valence-corrected chi connectivity index (χ2v) is 8.04. The van der Waals surface area contributed by atoms with Gasteiger partial charge in [0, 0.05) is 48.8 Å². The monoisotopic (exact) mass is 435 g/mol. The number of methoxy groups -OCH3 is 1. The van der Waals surface area contributed by atoms with Gasteiger partial charge in [0.2, 0.25) is 5.91 Å². The van der Waals surface area contributed by atoms with Gasteiger partial charge in [-0.1, -0.05) is 12.1 Å². The number of carbonyl (C=O) groups is 1. The van der Waals surface area contributed by atoms with Gasteiger partial charge in [0.15, 0.2) is 16.9 Å². The van der Waals surface area contributed by atoms with Crippen LogP contribution in [0.2, 0.25) is 0 Å². The molecule has 2 aromatic carbocycles. The fraction of sp³-hybridized carbons (Fsp3) is 0.333. The number of ether oxygens (including phenoxy) is 3. The van der Waals surface area contributed by atoms with Crippen LogP contribution in [0.4, 0.5) is 0 Å². The van der Waals surface area contributed by atoms with Crippen LogP contribution in [-0.2, 0) is 24.3 Å². The first kappa shape index (κ1) is 20.4. The molecule has 0 bridgehead atoms. The highest BCUT2D eigenvalue weighted by atomic mass is 16.6. The molecule has 5 rings (SSSR count). The average molecular weight is 435 g/mol. The molecule has 2 aliphatic heterocycles. The van der Waals surface area contributed by atoms with E-state index in [9.17, 15) is 9.59 Å². The largest absolute Gasteiger partial charge is 0.497 e. The first-order valence-corrected chi connectivity index (χ1v) is 10.7. The molecule has 0 saturated heterocycles. The van der Waals surface area contributed by atoms with Gasteiger partial charge < -0.3 is 24.5 Å². The van der Waals surface area contributed by atoms with E-state index < -0.39 is 0 Å². The fourth-order valence-electron chi connectivity index (χ4n) is 4.25. The molecule has 1 amide bonds. The highest BCUT2D eigenvalue weighted by Gasteiger charge is 2.24. The van der Waals surface area contributed by atoms with Crippen molar-refractivity contribution in [3.8, 4) is 17.2 Å². The van der Waals surface area contributed by atoms with Gasteiger partial charge in [0.05, 0.1) is 19.2 Å². The van der Waals surface area contributed by atoms with Crippen molar-refractivity contribution in [2.24, 2.45) is 0 Å². The Bertz CT molecular complexity index is 1240. The number of aromatic amines is 1. The van der Waals surface area contributed by atoms with Crippen molar-refractivity contribution in [2.75, 3.05) is 33.4 Å². The molecule has 0 aliphatic carbocycles. The lowest BCUT2D eigenvalue weighted by Crippen LogP contribution is -2.41. The number of fused-ring (bicyclic) bond motifs is 3. The highest BCUT2D eigenvalue weighted by Crippen LogP contribution is 2.33. The summed E-state index contributed by atoms with van der Waals surface area (Å²) in [6, 6.07) is 11.2. The lowest BCUT2D eigenvalue weighted by Gasteiger charge is -2.28. The van der Waals surface area contributed by atoms with Gasteiger partial charge in [-0.3, -0.25) is 14.5 Å². The number of aromatic nitrogens is 1. The van der Waals surface area contributed by atoms with Crippen molar-refractivity contribution in [3.63, 3.8) is 0 Å². The van der Waals surface area contributed by atoms with Gasteiger partial charge in [-0.2, -0.15) is 0 Å². The topological polar surface area (TPSA) is 92.9 Å². The Hall–Kier alpha value is -3.52. The molecular weight excluding hydrogens is 410 g/mol. The van der Waals surface area contributed by atoms with Crippen LogP contribution in [0, 0.1) is 0 Å². The summed E-state index contributed by atoms with van der Waals surface area (Å²) in [6.07, 6.45) is 0.679. The normalized spacial score (nSPS) is 15.3. The van der Waals surface area contributed by atoms with Gasteiger partial charge in [0.1, 0.15) is 19.0 Å². The van der Waals surface area contributed by atoms with E-state index in [2.05, 4.69) is 10.3 Å². The van der Waals surface area contributed by atoms with Crippen LogP contribution < -0.4 is 25.0 Å². The molecular formula is C24H25N3O5. The number of benzene rings is 2. The molecule has 2 N–H and O–H groups in total. The molecule has 8 heteroatoms. The SMILES string of the molecule is COc1cccc(CNC(=O)CN2CCc3[nH]c4cc5c(cc4c(=O)c3C2)OCCO5)c1. The second kappa shape index (κ2) is 8.55. The number of rotatable bonds is 5. The first-order valence-electron chi connectivity index (χ1n) is 10.7. The molecule has 0 atom stereocenters. The van der Waals surface area contributed by atoms with E-state index in [1.165, 1.54) is 0 Å². The van der Waals surface area contributed by atoms with Crippen LogP contribution in [0.25, 0.3) is 10.9 Å². The smallest absolute Gasteiger partial charge is 0.234 e. The third-order valence-corrected chi connectivity index (χ3v) is 5.90. The van der Waals surface area contributed by atoms with Crippen molar-refractivity contribution in [3.05, 3.63) is 63.4 Å². The van der Waals surface area contributed by atoms with Crippen LogP contribution >= 0.6 is 0 Å². The number of nitrogens with one attached hydrogen (secondary N) is 2. The lowest BCUT2D eigenvalue weighted by atomic mass is 10.0. The number of carbonyl (C=O) groups excluding carboxylic acids is 1. The zero-order valence-electron chi connectivity index (χ0n) is 17.9. The maximum absolute atomic E-state index is 13.2. The molecule has 3 heterocycles. The van der Waals surface area contributed by atoms with Gasteiger partial charge in [-0.05, 0) is 23.8 Å². The van der Waals surface area contributed by atoms with Crippen LogP contribution in [0.3, 0.4) is 0 Å². The van der Waals surface area contributed by atoms with Crippen molar-refractivity contribution in [2.45, 2.75) is 19.5 Å². The molecule has 0 saturated carbocycles. The Balaban J connectivity index is 1.29. The Morgan fingerprint density at radius 1 is 1.19 bits per heavy atom. The minimum atomic E-state index is -0.0758. The Morgan fingerprint density at radius 2 is 2.00 bits per heavy atom. The molecule has 0 unspecified atom stereocenters. The summed E-state index contributed by atoms with van der Waals surface area (Å²) >= 11 is 0. The van der Waals surface area contributed by atoms with Gasteiger partial charge in [0.25, 0.3) is 0 Å². The minimum Gasteiger partial charge on any atom is -0.497 e. The van der Waals surface area contributed by atoms with Crippen LogP contribution in [0.5, 0.6) is 17.2 Å². The molecule has 32 heavy (non-hydrogen) atoms. The van der Waals surface area contributed by atoms with Crippen molar-refractivity contribution in [1.29, 1.82) is 0 Å².